The maximum absolute atomic E-state index is 11.7. The van der Waals surface area contributed by atoms with Crippen molar-refractivity contribution >= 4 is 17.6 Å². The van der Waals surface area contributed by atoms with Crippen LogP contribution < -0.4 is 9.47 Å². The Kier molecular flexibility index (Phi) is 7.64. The van der Waals surface area contributed by atoms with Gasteiger partial charge in [-0.15, -0.1) is 0 Å². The third kappa shape index (κ3) is 5.66. The summed E-state index contributed by atoms with van der Waals surface area (Å²) in [6.45, 7) is 8.42. The topological polar surface area (TPSA) is 99.8 Å². The van der Waals surface area contributed by atoms with Crippen molar-refractivity contribution in [3.8, 4) is 34.5 Å². The number of hydrogen-bond acceptors (Lipinski definition) is 9. The van der Waals surface area contributed by atoms with E-state index in [4.69, 9.17) is 30.3 Å². The third-order valence-electron chi connectivity index (χ3n) is 5.15. The molecule has 34 heavy (non-hydrogen) atoms. The number of para-hydroxylation sites is 1. The number of fused-ring (bicyclic) bond motifs is 1. The van der Waals surface area contributed by atoms with Crippen molar-refractivity contribution in [1.82, 2.24) is 20.0 Å². The zero-order chi connectivity index (χ0) is 24.1. The zero-order valence-corrected chi connectivity index (χ0v) is 20.2. The Morgan fingerprint density at radius 1 is 1.32 bits per heavy atom. The van der Waals surface area contributed by atoms with Gasteiger partial charge in [0.1, 0.15) is 17.4 Å². The van der Waals surface area contributed by atoms with Gasteiger partial charge in [-0.3, -0.25) is 9.69 Å². The van der Waals surface area contributed by atoms with Crippen LogP contribution in [0, 0.1) is 0 Å². The van der Waals surface area contributed by atoms with Gasteiger partial charge < -0.3 is 18.7 Å². The molecule has 0 radical (unpaired) electrons. The maximum atomic E-state index is 11.7. The molecule has 10 heteroatoms. The van der Waals surface area contributed by atoms with Gasteiger partial charge in [0.15, 0.2) is 0 Å². The van der Waals surface area contributed by atoms with Crippen molar-refractivity contribution in [2.24, 2.45) is 0 Å². The number of nitrogens with zero attached hydrogens (tertiary/aromatic N) is 4. The average molecular weight is 487 g/mol. The number of carbonyl (C=O) groups is 1. The standard InChI is InChI=1S/C24H27ClN4O5/c1-4-31-20(30)8-9-29-10-11-32-21-16(14-29)6-5-7-18(21)22-27-23(34-28-22)17-12-19(25)24(26-13-17)33-15(2)3/h5-7,12-13,15H,4,8-11,14H2,1-3H3. The van der Waals surface area contributed by atoms with Crippen LogP contribution in [0.3, 0.4) is 0 Å². The molecule has 1 aromatic carbocycles. The summed E-state index contributed by atoms with van der Waals surface area (Å²) in [5, 5.41) is 4.52. The highest BCUT2D eigenvalue weighted by molar-refractivity contribution is 6.32. The molecule has 0 fully saturated rings. The molecule has 1 aliphatic rings. The van der Waals surface area contributed by atoms with Crippen molar-refractivity contribution in [2.75, 3.05) is 26.3 Å². The summed E-state index contributed by atoms with van der Waals surface area (Å²) >= 11 is 6.31. The first kappa shape index (κ1) is 24.0. The predicted molar refractivity (Wildman–Crippen MR) is 126 cm³/mol. The summed E-state index contributed by atoms with van der Waals surface area (Å²) in [5.41, 5.74) is 2.32. The molecule has 0 N–H and O–H groups in total. The van der Waals surface area contributed by atoms with Crippen molar-refractivity contribution in [3.05, 3.63) is 41.0 Å². The van der Waals surface area contributed by atoms with Gasteiger partial charge in [0.25, 0.3) is 5.89 Å². The van der Waals surface area contributed by atoms with E-state index in [1.165, 1.54) is 0 Å². The Labute approximate surface area is 203 Å². The number of pyridine rings is 1. The van der Waals surface area contributed by atoms with Gasteiger partial charge in [-0.05, 0) is 32.9 Å². The first-order valence-corrected chi connectivity index (χ1v) is 11.6. The van der Waals surface area contributed by atoms with Crippen LogP contribution in [0.25, 0.3) is 22.8 Å². The van der Waals surface area contributed by atoms with Gasteiger partial charge in [0.05, 0.1) is 30.3 Å². The molecule has 3 heterocycles. The molecule has 0 atom stereocenters. The number of carbonyl (C=O) groups excluding carboxylic acids is 1. The van der Waals surface area contributed by atoms with Gasteiger partial charge in [-0.1, -0.05) is 28.9 Å². The van der Waals surface area contributed by atoms with Gasteiger partial charge in [0, 0.05) is 31.4 Å². The van der Waals surface area contributed by atoms with Gasteiger partial charge >= 0.3 is 5.97 Å². The van der Waals surface area contributed by atoms with E-state index in [9.17, 15) is 4.79 Å². The molecule has 0 spiro atoms. The van der Waals surface area contributed by atoms with Crippen LogP contribution in [0.4, 0.5) is 0 Å². The SMILES string of the molecule is CCOC(=O)CCN1CCOc2c(cccc2-c2noc(-c3cnc(OC(C)C)c(Cl)c3)n2)C1. The molecule has 1 aliphatic heterocycles. The third-order valence-corrected chi connectivity index (χ3v) is 5.42. The van der Waals surface area contributed by atoms with Crippen molar-refractivity contribution in [1.29, 1.82) is 0 Å². The molecular weight excluding hydrogens is 460 g/mol. The molecule has 4 rings (SSSR count). The smallest absolute Gasteiger partial charge is 0.307 e. The molecule has 0 amide bonds. The second kappa shape index (κ2) is 10.8. The summed E-state index contributed by atoms with van der Waals surface area (Å²) in [6.07, 6.45) is 1.89. The number of halogens is 1. The Morgan fingerprint density at radius 3 is 2.94 bits per heavy atom. The van der Waals surface area contributed by atoms with Crippen LogP contribution in [0.2, 0.25) is 5.02 Å². The molecule has 0 saturated carbocycles. The van der Waals surface area contributed by atoms with Crippen LogP contribution in [0.5, 0.6) is 11.6 Å². The monoisotopic (exact) mass is 486 g/mol. The van der Waals surface area contributed by atoms with E-state index in [1.54, 1.807) is 19.2 Å². The van der Waals surface area contributed by atoms with E-state index in [1.807, 2.05) is 32.0 Å². The van der Waals surface area contributed by atoms with E-state index in [2.05, 4.69) is 20.0 Å². The fourth-order valence-electron chi connectivity index (χ4n) is 3.63. The van der Waals surface area contributed by atoms with Crippen LogP contribution in [0.15, 0.2) is 35.0 Å². The Bertz CT molecular complexity index is 1150. The first-order chi connectivity index (χ1) is 16.4. The quantitative estimate of drug-likeness (QED) is 0.429. The minimum atomic E-state index is -0.195. The molecule has 0 aliphatic carbocycles. The number of hydrogen-bond donors (Lipinski definition) is 0. The Hall–Kier alpha value is -3.17. The molecule has 9 nitrogen and oxygen atoms in total. The van der Waals surface area contributed by atoms with Crippen molar-refractivity contribution < 1.29 is 23.5 Å². The van der Waals surface area contributed by atoms with E-state index in [0.29, 0.717) is 73.2 Å². The first-order valence-electron chi connectivity index (χ1n) is 11.2. The molecule has 0 bridgehead atoms. The summed E-state index contributed by atoms with van der Waals surface area (Å²) < 4.78 is 22.2. The molecule has 3 aromatic rings. The lowest BCUT2D eigenvalue weighted by Crippen LogP contribution is -2.28. The maximum Gasteiger partial charge on any atom is 0.307 e. The lowest BCUT2D eigenvalue weighted by molar-refractivity contribution is -0.143. The molecular formula is C24H27ClN4O5. The fraction of sp³-hybridized carbons (Fsp3) is 0.417. The van der Waals surface area contributed by atoms with Gasteiger partial charge in [-0.2, -0.15) is 4.98 Å². The second-order valence-electron chi connectivity index (χ2n) is 8.07. The van der Waals surface area contributed by atoms with E-state index in [-0.39, 0.29) is 12.1 Å². The molecule has 2 aromatic heterocycles. The summed E-state index contributed by atoms with van der Waals surface area (Å²) in [5.74, 6) is 1.58. The fourth-order valence-corrected chi connectivity index (χ4v) is 3.84. The minimum absolute atomic E-state index is 0.0414. The predicted octanol–water partition coefficient (Wildman–Crippen LogP) is 4.39. The number of ether oxygens (including phenoxy) is 3. The van der Waals surface area contributed by atoms with Crippen molar-refractivity contribution in [3.63, 3.8) is 0 Å². The molecule has 180 valence electrons. The number of rotatable bonds is 8. The second-order valence-corrected chi connectivity index (χ2v) is 8.48. The summed E-state index contributed by atoms with van der Waals surface area (Å²) in [6, 6.07) is 7.51. The van der Waals surface area contributed by atoms with Crippen LogP contribution in [-0.4, -0.2) is 58.4 Å². The highest BCUT2D eigenvalue weighted by Crippen LogP contribution is 2.35. The zero-order valence-electron chi connectivity index (χ0n) is 19.4. The molecule has 0 saturated heterocycles. The van der Waals surface area contributed by atoms with Crippen LogP contribution in [-0.2, 0) is 16.1 Å². The number of aromatic nitrogens is 3. The van der Waals surface area contributed by atoms with E-state index in [0.717, 1.165) is 11.1 Å². The van der Waals surface area contributed by atoms with E-state index >= 15 is 0 Å². The van der Waals surface area contributed by atoms with Gasteiger partial charge in [-0.25, -0.2) is 4.98 Å². The lowest BCUT2D eigenvalue weighted by atomic mass is 10.1. The lowest BCUT2D eigenvalue weighted by Gasteiger charge is -2.18. The van der Waals surface area contributed by atoms with Gasteiger partial charge in [0.2, 0.25) is 11.7 Å². The summed E-state index contributed by atoms with van der Waals surface area (Å²) in [4.78, 5) is 22.7. The van der Waals surface area contributed by atoms with Crippen LogP contribution in [0.1, 0.15) is 32.8 Å². The summed E-state index contributed by atoms with van der Waals surface area (Å²) in [7, 11) is 0. The van der Waals surface area contributed by atoms with Crippen LogP contribution >= 0.6 is 11.6 Å². The Balaban J connectivity index is 1.53. The largest absolute Gasteiger partial charge is 0.491 e. The minimum Gasteiger partial charge on any atom is -0.491 e. The van der Waals surface area contributed by atoms with Crippen molar-refractivity contribution in [2.45, 2.75) is 39.8 Å². The highest BCUT2D eigenvalue weighted by Gasteiger charge is 2.22. The normalized spacial score (nSPS) is 13.8. The molecule has 0 unspecified atom stereocenters. The number of benzene rings is 1. The number of esters is 1. The highest BCUT2D eigenvalue weighted by atomic mass is 35.5. The Morgan fingerprint density at radius 2 is 2.18 bits per heavy atom. The average Bonchev–Trinajstić information content (AvgIpc) is 3.19. The van der Waals surface area contributed by atoms with E-state index < -0.39 is 0 Å².